The molecule has 0 radical (unpaired) electrons. The van der Waals surface area contributed by atoms with Crippen LogP contribution in [0.2, 0.25) is 0 Å². The minimum Gasteiger partial charge on any atom is -0.308 e. The molecule has 6 heteroatoms. The Bertz CT molecular complexity index is 1400. The molecule has 2 aliphatic heterocycles. The Morgan fingerprint density at radius 3 is 2.11 bits per heavy atom. The van der Waals surface area contributed by atoms with Crippen molar-refractivity contribution in [3.8, 4) is 0 Å². The van der Waals surface area contributed by atoms with Crippen LogP contribution in [0.25, 0.3) is 11.8 Å². The van der Waals surface area contributed by atoms with Gasteiger partial charge >= 0.3 is 0 Å². The van der Waals surface area contributed by atoms with Gasteiger partial charge in [-0.15, -0.1) is 0 Å². The summed E-state index contributed by atoms with van der Waals surface area (Å²) in [6.45, 7) is 0. The summed E-state index contributed by atoms with van der Waals surface area (Å²) in [5.41, 5.74) is 8.85. The van der Waals surface area contributed by atoms with Gasteiger partial charge in [-0.2, -0.15) is 0 Å². The normalized spacial score (nSPS) is 20.5. The fourth-order valence-electron chi connectivity index (χ4n) is 4.95. The molecule has 35 heavy (non-hydrogen) atoms. The summed E-state index contributed by atoms with van der Waals surface area (Å²) in [6.07, 6.45) is 5.56. The standard InChI is InChI=1S/C29H21Br3N2S/c30-22-10-4-18(5-11-22)16-21-2-1-3-25-27(21)33-29-34(28(25)20-8-14-24(32)15-9-20)26(17-35-29)19-6-12-23(31)13-7-19/h4-17,28H,1-3H2/b21-16+. The van der Waals surface area contributed by atoms with Crippen LogP contribution in [0.4, 0.5) is 0 Å². The van der Waals surface area contributed by atoms with Crippen molar-refractivity contribution in [2.24, 2.45) is 4.99 Å². The molecule has 0 saturated carbocycles. The van der Waals surface area contributed by atoms with E-state index in [1.54, 1.807) is 11.8 Å². The predicted molar refractivity (Wildman–Crippen MR) is 159 cm³/mol. The molecule has 2 nitrogen and oxygen atoms in total. The molecule has 6 rings (SSSR count). The van der Waals surface area contributed by atoms with E-state index in [1.165, 1.54) is 39.2 Å². The summed E-state index contributed by atoms with van der Waals surface area (Å²) in [5, 5.41) is 3.31. The Labute approximate surface area is 235 Å². The molecule has 2 heterocycles. The number of thioether (sulfide) groups is 1. The largest absolute Gasteiger partial charge is 0.308 e. The van der Waals surface area contributed by atoms with Crippen molar-refractivity contribution in [1.82, 2.24) is 4.90 Å². The average Bonchev–Trinajstić information content (AvgIpc) is 3.29. The number of nitrogens with zero attached hydrogens (tertiary/aromatic N) is 2. The predicted octanol–water partition coefficient (Wildman–Crippen LogP) is 9.95. The SMILES string of the molecule is Brc1ccc(/C=C2\CCCC3=C2N=C2SC=C(c4ccc(Br)cc4)N2C3c2ccc(Br)cc2)cc1. The number of allylic oxidation sites excluding steroid dienone is 1. The molecule has 1 atom stereocenters. The lowest BCUT2D eigenvalue weighted by molar-refractivity contribution is 0.458. The Morgan fingerprint density at radius 1 is 0.800 bits per heavy atom. The number of hydrogen-bond acceptors (Lipinski definition) is 3. The molecular weight excluding hydrogens is 648 g/mol. The lowest BCUT2D eigenvalue weighted by atomic mass is 9.83. The van der Waals surface area contributed by atoms with Gasteiger partial charge in [-0.25, -0.2) is 4.99 Å². The summed E-state index contributed by atoms with van der Waals surface area (Å²) in [7, 11) is 0. The van der Waals surface area contributed by atoms with Crippen LogP contribution in [-0.2, 0) is 0 Å². The zero-order chi connectivity index (χ0) is 23.9. The first-order chi connectivity index (χ1) is 17.1. The smallest absolute Gasteiger partial charge is 0.174 e. The number of halogens is 3. The first kappa shape index (κ1) is 23.5. The molecule has 3 aromatic rings. The highest BCUT2D eigenvalue weighted by Crippen LogP contribution is 2.51. The van der Waals surface area contributed by atoms with Crippen molar-refractivity contribution in [2.45, 2.75) is 25.3 Å². The van der Waals surface area contributed by atoms with Gasteiger partial charge in [0, 0.05) is 18.8 Å². The topological polar surface area (TPSA) is 15.6 Å². The number of rotatable bonds is 3. The van der Waals surface area contributed by atoms with Gasteiger partial charge in [0.15, 0.2) is 5.17 Å². The Hall–Kier alpha value is -1.86. The van der Waals surface area contributed by atoms with E-state index in [4.69, 9.17) is 4.99 Å². The molecule has 0 aromatic heterocycles. The van der Waals surface area contributed by atoms with E-state index in [2.05, 4.69) is 137 Å². The third-order valence-electron chi connectivity index (χ3n) is 6.57. The zero-order valence-electron chi connectivity index (χ0n) is 18.7. The van der Waals surface area contributed by atoms with Crippen LogP contribution < -0.4 is 0 Å². The van der Waals surface area contributed by atoms with Crippen LogP contribution in [-0.4, -0.2) is 10.1 Å². The minimum absolute atomic E-state index is 0.129. The van der Waals surface area contributed by atoms with Crippen LogP contribution in [0, 0.1) is 0 Å². The monoisotopic (exact) mass is 666 g/mol. The van der Waals surface area contributed by atoms with Gasteiger partial charge in [0.2, 0.25) is 0 Å². The quantitative estimate of drug-likeness (QED) is 0.276. The maximum atomic E-state index is 5.28. The van der Waals surface area contributed by atoms with Crippen LogP contribution >= 0.6 is 59.6 Å². The van der Waals surface area contributed by atoms with Gasteiger partial charge in [-0.3, -0.25) is 0 Å². The Balaban J connectivity index is 1.48. The molecule has 1 unspecified atom stereocenters. The zero-order valence-corrected chi connectivity index (χ0v) is 24.3. The summed E-state index contributed by atoms with van der Waals surface area (Å²) in [5.74, 6) is 0. The Morgan fingerprint density at radius 2 is 1.43 bits per heavy atom. The van der Waals surface area contributed by atoms with E-state index < -0.39 is 0 Å². The molecule has 174 valence electrons. The van der Waals surface area contributed by atoms with Gasteiger partial charge in [-0.05, 0) is 89.6 Å². The highest BCUT2D eigenvalue weighted by atomic mass is 79.9. The van der Waals surface area contributed by atoms with Crippen molar-refractivity contribution >= 4 is 76.5 Å². The second-order valence-corrected chi connectivity index (χ2v) is 12.4. The third-order valence-corrected chi connectivity index (χ3v) is 9.00. The number of benzene rings is 3. The molecule has 1 aliphatic carbocycles. The number of amidine groups is 1. The maximum Gasteiger partial charge on any atom is 0.174 e. The van der Waals surface area contributed by atoms with Gasteiger partial charge in [0.1, 0.15) is 0 Å². The third kappa shape index (κ3) is 4.66. The number of aliphatic imine (C=N–C) groups is 1. The van der Waals surface area contributed by atoms with E-state index in [0.717, 1.165) is 37.8 Å². The van der Waals surface area contributed by atoms with Crippen LogP contribution in [0.3, 0.4) is 0 Å². The van der Waals surface area contributed by atoms with E-state index in [1.807, 2.05) is 0 Å². The van der Waals surface area contributed by atoms with Crippen molar-refractivity contribution in [1.29, 1.82) is 0 Å². The lowest BCUT2D eigenvalue weighted by Gasteiger charge is -2.40. The van der Waals surface area contributed by atoms with Crippen LogP contribution in [0.5, 0.6) is 0 Å². The second kappa shape index (κ2) is 9.89. The molecule has 3 aliphatic rings. The van der Waals surface area contributed by atoms with E-state index in [-0.39, 0.29) is 6.04 Å². The van der Waals surface area contributed by atoms with E-state index in [0.29, 0.717) is 0 Å². The molecule has 3 aromatic carbocycles. The molecule has 0 spiro atoms. The van der Waals surface area contributed by atoms with Gasteiger partial charge in [-0.1, -0.05) is 95.9 Å². The molecule has 0 bridgehead atoms. The summed E-state index contributed by atoms with van der Waals surface area (Å²) in [6, 6.07) is 26.0. The van der Waals surface area contributed by atoms with Crippen molar-refractivity contribution in [2.75, 3.05) is 0 Å². The summed E-state index contributed by atoms with van der Waals surface area (Å²) >= 11 is 12.5. The molecule has 0 N–H and O–H groups in total. The van der Waals surface area contributed by atoms with Crippen LogP contribution in [0.1, 0.15) is 42.0 Å². The van der Waals surface area contributed by atoms with E-state index in [9.17, 15) is 0 Å². The highest BCUT2D eigenvalue weighted by Gasteiger charge is 2.40. The Kier molecular flexibility index (Phi) is 6.65. The van der Waals surface area contributed by atoms with Gasteiger partial charge < -0.3 is 4.90 Å². The molecule has 0 amide bonds. The van der Waals surface area contributed by atoms with Gasteiger partial charge in [0.25, 0.3) is 0 Å². The van der Waals surface area contributed by atoms with Crippen LogP contribution in [0.15, 0.2) is 113 Å². The summed E-state index contributed by atoms with van der Waals surface area (Å²) < 4.78 is 3.28. The maximum absolute atomic E-state index is 5.28. The lowest BCUT2D eigenvalue weighted by Crippen LogP contribution is -2.34. The fourth-order valence-corrected chi connectivity index (χ4v) is 6.67. The van der Waals surface area contributed by atoms with Crippen molar-refractivity contribution in [3.05, 3.63) is 125 Å². The van der Waals surface area contributed by atoms with Crippen molar-refractivity contribution in [3.63, 3.8) is 0 Å². The fraction of sp³-hybridized carbons (Fsp3) is 0.138. The molecular formula is C29H21Br3N2S. The molecule has 0 saturated heterocycles. The first-order valence-electron chi connectivity index (χ1n) is 11.5. The second-order valence-electron chi connectivity index (χ2n) is 8.79. The molecule has 0 fully saturated rings. The average molecular weight is 669 g/mol. The summed E-state index contributed by atoms with van der Waals surface area (Å²) in [4.78, 5) is 7.73. The minimum atomic E-state index is 0.129. The number of fused-ring (bicyclic) bond motifs is 1. The first-order valence-corrected chi connectivity index (χ1v) is 14.8. The van der Waals surface area contributed by atoms with E-state index >= 15 is 0 Å². The van der Waals surface area contributed by atoms with Crippen molar-refractivity contribution < 1.29 is 0 Å². The van der Waals surface area contributed by atoms with Gasteiger partial charge in [0.05, 0.1) is 17.4 Å². The highest BCUT2D eigenvalue weighted by molar-refractivity contribution is 9.11. The number of hydrogen-bond donors (Lipinski definition) is 0.